The van der Waals surface area contributed by atoms with Gasteiger partial charge in [-0.15, -0.1) is 0 Å². The molecule has 0 saturated heterocycles. The molecule has 2 rings (SSSR count). The van der Waals surface area contributed by atoms with Crippen LogP contribution in [0.1, 0.15) is 26.7 Å². The van der Waals surface area contributed by atoms with Crippen LogP contribution in [0.3, 0.4) is 0 Å². The van der Waals surface area contributed by atoms with Crippen molar-refractivity contribution in [3.8, 4) is 0 Å². The lowest BCUT2D eigenvalue weighted by Crippen LogP contribution is -2.37. The summed E-state index contributed by atoms with van der Waals surface area (Å²) in [5.41, 5.74) is -0.576. The Labute approximate surface area is 86.4 Å². The molecule has 2 aliphatic carbocycles. The standard InChI is InChI=1S/C12H21NO/c1-12(2,14)8-13-7-11-6-9-3-4-10(11)5-9/h3-4,9-11,13-14H,5-8H2,1-2H3/t9-,10-,11-/m0/s1. The van der Waals surface area contributed by atoms with Gasteiger partial charge in [0.2, 0.25) is 0 Å². The minimum Gasteiger partial charge on any atom is -0.389 e. The van der Waals surface area contributed by atoms with Crippen LogP contribution in [0.4, 0.5) is 0 Å². The number of allylic oxidation sites excluding steroid dienone is 2. The van der Waals surface area contributed by atoms with Crippen LogP contribution in [-0.2, 0) is 0 Å². The SMILES string of the molecule is CC(C)(O)CNC[C@@H]1C[C@H]2C=C[C@H]1C2. The highest BCUT2D eigenvalue weighted by Crippen LogP contribution is 2.42. The summed E-state index contributed by atoms with van der Waals surface area (Å²) in [6.07, 6.45) is 7.47. The third-order valence-corrected chi connectivity index (χ3v) is 3.38. The van der Waals surface area contributed by atoms with Crippen molar-refractivity contribution >= 4 is 0 Å². The third kappa shape index (κ3) is 2.37. The Morgan fingerprint density at radius 3 is 2.64 bits per heavy atom. The van der Waals surface area contributed by atoms with Crippen LogP contribution in [0, 0.1) is 17.8 Å². The Morgan fingerprint density at radius 1 is 1.36 bits per heavy atom. The van der Waals surface area contributed by atoms with E-state index in [0.717, 1.165) is 24.3 Å². The Hall–Kier alpha value is -0.340. The minimum atomic E-state index is -0.576. The number of aliphatic hydroxyl groups is 1. The zero-order chi connectivity index (χ0) is 10.2. The van der Waals surface area contributed by atoms with Gasteiger partial charge in [-0.3, -0.25) is 0 Å². The predicted octanol–water partition coefficient (Wildman–Crippen LogP) is 1.56. The van der Waals surface area contributed by atoms with Crippen molar-refractivity contribution in [3.05, 3.63) is 12.2 Å². The van der Waals surface area contributed by atoms with Gasteiger partial charge in [0.05, 0.1) is 5.60 Å². The summed E-state index contributed by atoms with van der Waals surface area (Å²) in [5.74, 6) is 2.48. The quantitative estimate of drug-likeness (QED) is 0.667. The Bertz CT molecular complexity index is 229. The first-order valence-electron chi connectivity index (χ1n) is 5.66. The Morgan fingerprint density at radius 2 is 2.14 bits per heavy atom. The van der Waals surface area contributed by atoms with Crippen LogP contribution in [-0.4, -0.2) is 23.8 Å². The predicted molar refractivity (Wildman–Crippen MR) is 58.0 cm³/mol. The zero-order valence-electron chi connectivity index (χ0n) is 9.16. The molecule has 2 nitrogen and oxygen atoms in total. The topological polar surface area (TPSA) is 32.3 Å². The zero-order valence-corrected chi connectivity index (χ0v) is 9.16. The van der Waals surface area contributed by atoms with Gasteiger partial charge in [-0.05, 0) is 51.0 Å². The van der Waals surface area contributed by atoms with E-state index in [9.17, 15) is 5.11 Å². The van der Waals surface area contributed by atoms with Gasteiger partial charge in [-0.2, -0.15) is 0 Å². The highest BCUT2D eigenvalue weighted by atomic mass is 16.3. The van der Waals surface area contributed by atoms with Crippen LogP contribution >= 0.6 is 0 Å². The fourth-order valence-corrected chi connectivity index (χ4v) is 2.69. The summed E-state index contributed by atoms with van der Waals surface area (Å²) in [6.45, 7) is 5.46. The molecule has 0 heterocycles. The number of hydrogen-bond acceptors (Lipinski definition) is 2. The van der Waals surface area contributed by atoms with Crippen LogP contribution in [0.2, 0.25) is 0 Å². The normalized spacial score (nSPS) is 35.5. The van der Waals surface area contributed by atoms with Gasteiger partial charge in [0.1, 0.15) is 0 Å². The van der Waals surface area contributed by atoms with Crippen molar-refractivity contribution in [3.63, 3.8) is 0 Å². The molecular weight excluding hydrogens is 174 g/mol. The maximum Gasteiger partial charge on any atom is 0.0715 e. The van der Waals surface area contributed by atoms with Gasteiger partial charge in [-0.1, -0.05) is 12.2 Å². The molecular formula is C12H21NO. The lowest BCUT2D eigenvalue weighted by atomic mass is 9.93. The van der Waals surface area contributed by atoms with Crippen LogP contribution < -0.4 is 5.32 Å². The summed E-state index contributed by atoms with van der Waals surface area (Å²) in [4.78, 5) is 0. The molecule has 2 heteroatoms. The molecule has 80 valence electrons. The first-order chi connectivity index (χ1) is 6.54. The van der Waals surface area contributed by atoms with E-state index in [1.807, 2.05) is 13.8 Å². The molecule has 2 aliphatic rings. The van der Waals surface area contributed by atoms with Crippen molar-refractivity contribution in [2.45, 2.75) is 32.3 Å². The molecule has 0 amide bonds. The second-order valence-electron chi connectivity index (χ2n) is 5.48. The van der Waals surface area contributed by atoms with E-state index in [-0.39, 0.29) is 0 Å². The van der Waals surface area contributed by atoms with Gasteiger partial charge >= 0.3 is 0 Å². The highest BCUT2D eigenvalue weighted by Gasteiger charge is 2.35. The molecule has 0 aromatic rings. The van der Waals surface area contributed by atoms with Crippen molar-refractivity contribution < 1.29 is 5.11 Å². The molecule has 0 aliphatic heterocycles. The van der Waals surface area contributed by atoms with Crippen molar-refractivity contribution in [2.24, 2.45) is 17.8 Å². The first kappa shape index (κ1) is 10.2. The minimum absolute atomic E-state index is 0.576. The average molecular weight is 195 g/mol. The second kappa shape index (κ2) is 3.67. The second-order valence-corrected chi connectivity index (χ2v) is 5.48. The third-order valence-electron chi connectivity index (χ3n) is 3.38. The first-order valence-corrected chi connectivity index (χ1v) is 5.66. The van der Waals surface area contributed by atoms with E-state index in [0.29, 0.717) is 6.54 Å². The molecule has 3 atom stereocenters. The van der Waals surface area contributed by atoms with E-state index < -0.39 is 5.60 Å². The lowest BCUT2D eigenvalue weighted by molar-refractivity contribution is 0.0783. The maximum atomic E-state index is 9.55. The average Bonchev–Trinajstić information content (AvgIpc) is 2.62. The number of nitrogens with one attached hydrogen (secondary N) is 1. The number of fused-ring (bicyclic) bond motifs is 2. The maximum absolute atomic E-state index is 9.55. The summed E-state index contributed by atoms with van der Waals surface area (Å²) in [7, 11) is 0. The summed E-state index contributed by atoms with van der Waals surface area (Å²) in [5, 5.41) is 12.9. The largest absolute Gasteiger partial charge is 0.389 e. The fraction of sp³-hybridized carbons (Fsp3) is 0.833. The molecule has 0 aromatic heterocycles. The van der Waals surface area contributed by atoms with E-state index in [1.54, 1.807) is 0 Å². The van der Waals surface area contributed by atoms with Crippen LogP contribution in [0.5, 0.6) is 0 Å². The Balaban J connectivity index is 1.70. The highest BCUT2D eigenvalue weighted by molar-refractivity contribution is 5.10. The van der Waals surface area contributed by atoms with Gasteiger partial charge in [0, 0.05) is 6.54 Å². The monoisotopic (exact) mass is 195 g/mol. The molecule has 1 fully saturated rings. The van der Waals surface area contributed by atoms with E-state index in [2.05, 4.69) is 17.5 Å². The summed E-state index contributed by atoms with van der Waals surface area (Å²) < 4.78 is 0. The van der Waals surface area contributed by atoms with Crippen molar-refractivity contribution in [1.29, 1.82) is 0 Å². The molecule has 14 heavy (non-hydrogen) atoms. The molecule has 2 N–H and O–H groups in total. The lowest BCUT2D eigenvalue weighted by Gasteiger charge is -2.22. The van der Waals surface area contributed by atoms with Crippen LogP contribution in [0.15, 0.2) is 12.2 Å². The molecule has 0 spiro atoms. The van der Waals surface area contributed by atoms with E-state index >= 15 is 0 Å². The van der Waals surface area contributed by atoms with Gasteiger partial charge in [0.25, 0.3) is 0 Å². The number of rotatable bonds is 4. The smallest absolute Gasteiger partial charge is 0.0715 e. The summed E-state index contributed by atoms with van der Waals surface area (Å²) >= 11 is 0. The molecule has 0 unspecified atom stereocenters. The molecule has 1 saturated carbocycles. The van der Waals surface area contributed by atoms with E-state index in [1.165, 1.54) is 12.8 Å². The molecule has 0 radical (unpaired) electrons. The van der Waals surface area contributed by atoms with Crippen LogP contribution in [0.25, 0.3) is 0 Å². The Kier molecular flexibility index (Phi) is 2.67. The summed E-state index contributed by atoms with van der Waals surface area (Å²) in [6, 6.07) is 0. The van der Waals surface area contributed by atoms with Crippen molar-refractivity contribution in [2.75, 3.05) is 13.1 Å². The van der Waals surface area contributed by atoms with Gasteiger partial charge < -0.3 is 10.4 Å². The molecule has 0 aromatic carbocycles. The van der Waals surface area contributed by atoms with Crippen molar-refractivity contribution in [1.82, 2.24) is 5.32 Å². The fourth-order valence-electron chi connectivity index (χ4n) is 2.69. The van der Waals surface area contributed by atoms with Gasteiger partial charge in [-0.25, -0.2) is 0 Å². The van der Waals surface area contributed by atoms with Gasteiger partial charge in [0.15, 0.2) is 0 Å². The number of hydrogen-bond donors (Lipinski definition) is 2. The molecule has 2 bridgehead atoms. The van der Waals surface area contributed by atoms with E-state index in [4.69, 9.17) is 0 Å².